The first kappa shape index (κ1) is 14.2. The van der Waals surface area contributed by atoms with Crippen LogP contribution in [0.1, 0.15) is 10.4 Å². The van der Waals surface area contributed by atoms with Gasteiger partial charge in [0.1, 0.15) is 19.0 Å². The monoisotopic (exact) mass is 291 g/mol. The van der Waals surface area contributed by atoms with Gasteiger partial charge in [0.2, 0.25) is 0 Å². The first-order valence-corrected chi connectivity index (χ1v) is 6.44. The second kappa shape index (κ2) is 6.82. The fraction of sp³-hybridized carbons (Fsp3) is 0.133. The Morgan fingerprint density at radius 2 is 1.85 bits per heavy atom. The summed E-state index contributed by atoms with van der Waals surface area (Å²) >= 11 is 5.81. The topological polar surface area (TPSA) is 61.6 Å². The predicted molar refractivity (Wildman–Crippen MR) is 78.1 cm³/mol. The SMILES string of the molecule is Nc1ccc(Cl)cc1C(=O)OCCOc1ccccc1. The van der Waals surface area contributed by atoms with Gasteiger partial charge in [-0.2, -0.15) is 0 Å². The Morgan fingerprint density at radius 3 is 2.60 bits per heavy atom. The Morgan fingerprint density at radius 1 is 1.10 bits per heavy atom. The lowest BCUT2D eigenvalue weighted by molar-refractivity contribution is 0.0451. The van der Waals surface area contributed by atoms with Gasteiger partial charge in [-0.3, -0.25) is 0 Å². The van der Waals surface area contributed by atoms with Gasteiger partial charge in [0, 0.05) is 10.7 Å². The van der Waals surface area contributed by atoms with Crippen LogP contribution in [0.4, 0.5) is 5.69 Å². The lowest BCUT2D eigenvalue weighted by Gasteiger charge is -2.08. The molecule has 0 aliphatic carbocycles. The molecule has 2 rings (SSSR count). The molecule has 0 heterocycles. The van der Waals surface area contributed by atoms with Crippen LogP contribution in [0.2, 0.25) is 5.02 Å². The van der Waals surface area contributed by atoms with E-state index in [1.807, 2.05) is 30.3 Å². The molecular formula is C15H14ClNO3. The number of hydrogen-bond donors (Lipinski definition) is 1. The average molecular weight is 292 g/mol. The molecule has 0 aliphatic rings. The summed E-state index contributed by atoms with van der Waals surface area (Å²) in [5.74, 6) is 0.215. The molecule has 104 valence electrons. The lowest BCUT2D eigenvalue weighted by atomic mass is 10.2. The third-order valence-electron chi connectivity index (χ3n) is 2.56. The highest BCUT2D eigenvalue weighted by atomic mass is 35.5. The molecule has 0 spiro atoms. The summed E-state index contributed by atoms with van der Waals surface area (Å²) in [7, 11) is 0. The maximum Gasteiger partial charge on any atom is 0.340 e. The summed E-state index contributed by atoms with van der Waals surface area (Å²) in [5, 5.41) is 0.437. The maximum absolute atomic E-state index is 11.8. The van der Waals surface area contributed by atoms with Crippen LogP contribution in [0.5, 0.6) is 5.75 Å². The summed E-state index contributed by atoms with van der Waals surface area (Å²) in [6, 6.07) is 14.0. The van der Waals surface area contributed by atoms with E-state index in [2.05, 4.69) is 0 Å². The van der Waals surface area contributed by atoms with Crippen molar-refractivity contribution in [1.29, 1.82) is 0 Å². The number of ether oxygens (including phenoxy) is 2. The number of hydrogen-bond acceptors (Lipinski definition) is 4. The normalized spacial score (nSPS) is 10.1. The highest BCUT2D eigenvalue weighted by Crippen LogP contribution is 2.18. The number of carbonyl (C=O) groups is 1. The van der Waals surface area contributed by atoms with Gasteiger partial charge in [-0.1, -0.05) is 29.8 Å². The first-order chi connectivity index (χ1) is 9.66. The molecule has 0 aliphatic heterocycles. The van der Waals surface area contributed by atoms with Crippen LogP contribution < -0.4 is 10.5 Å². The number of benzene rings is 2. The molecule has 0 aromatic heterocycles. The van der Waals surface area contributed by atoms with Crippen molar-refractivity contribution >= 4 is 23.3 Å². The third-order valence-corrected chi connectivity index (χ3v) is 2.80. The molecule has 0 atom stereocenters. The molecule has 0 saturated heterocycles. The van der Waals surface area contributed by atoms with Crippen LogP contribution >= 0.6 is 11.6 Å². The van der Waals surface area contributed by atoms with Crippen molar-refractivity contribution in [1.82, 2.24) is 0 Å². The Labute approximate surface area is 122 Å². The number of carbonyl (C=O) groups excluding carboxylic acids is 1. The van der Waals surface area contributed by atoms with E-state index in [-0.39, 0.29) is 18.8 Å². The number of esters is 1. The van der Waals surface area contributed by atoms with Crippen LogP contribution in [0.15, 0.2) is 48.5 Å². The smallest absolute Gasteiger partial charge is 0.340 e. The Balaban J connectivity index is 1.82. The summed E-state index contributed by atoms with van der Waals surface area (Å²) in [5.41, 5.74) is 6.29. The van der Waals surface area contributed by atoms with Crippen LogP contribution in [-0.2, 0) is 4.74 Å². The molecule has 20 heavy (non-hydrogen) atoms. The minimum atomic E-state index is -0.512. The van der Waals surface area contributed by atoms with Crippen molar-refractivity contribution in [2.75, 3.05) is 18.9 Å². The van der Waals surface area contributed by atoms with Crippen LogP contribution in [-0.4, -0.2) is 19.2 Å². The highest BCUT2D eigenvalue weighted by Gasteiger charge is 2.11. The van der Waals surface area contributed by atoms with Crippen molar-refractivity contribution < 1.29 is 14.3 Å². The molecule has 0 saturated carbocycles. The molecule has 5 heteroatoms. The Bertz CT molecular complexity index is 587. The molecule has 2 aromatic rings. The molecule has 2 N–H and O–H groups in total. The average Bonchev–Trinajstić information content (AvgIpc) is 2.47. The van der Waals surface area contributed by atoms with Crippen LogP contribution in [0.3, 0.4) is 0 Å². The van der Waals surface area contributed by atoms with Gasteiger partial charge in [0.15, 0.2) is 0 Å². The summed E-state index contributed by atoms with van der Waals surface area (Å²) < 4.78 is 10.5. The Hall–Kier alpha value is -2.20. The summed E-state index contributed by atoms with van der Waals surface area (Å²) in [4.78, 5) is 11.8. The zero-order valence-electron chi connectivity index (χ0n) is 10.7. The zero-order valence-corrected chi connectivity index (χ0v) is 11.5. The largest absolute Gasteiger partial charge is 0.490 e. The van der Waals surface area contributed by atoms with Gasteiger partial charge in [-0.05, 0) is 30.3 Å². The first-order valence-electron chi connectivity index (χ1n) is 6.07. The van der Waals surface area contributed by atoms with Gasteiger partial charge in [-0.25, -0.2) is 4.79 Å². The van der Waals surface area contributed by atoms with E-state index in [4.69, 9.17) is 26.8 Å². The lowest BCUT2D eigenvalue weighted by Crippen LogP contribution is -2.13. The van der Waals surface area contributed by atoms with Gasteiger partial charge >= 0.3 is 5.97 Å². The van der Waals surface area contributed by atoms with Gasteiger partial charge in [0.05, 0.1) is 5.56 Å². The second-order valence-corrected chi connectivity index (χ2v) is 4.47. The number of nitrogens with two attached hydrogens (primary N) is 1. The second-order valence-electron chi connectivity index (χ2n) is 4.03. The van der Waals surface area contributed by atoms with Crippen molar-refractivity contribution in [2.45, 2.75) is 0 Å². The van der Waals surface area contributed by atoms with E-state index in [0.717, 1.165) is 5.75 Å². The molecule has 4 nitrogen and oxygen atoms in total. The fourth-order valence-electron chi connectivity index (χ4n) is 1.59. The molecule has 0 bridgehead atoms. The van der Waals surface area contributed by atoms with Crippen molar-refractivity contribution in [3.05, 3.63) is 59.1 Å². The molecule has 0 radical (unpaired) electrons. The van der Waals surface area contributed by atoms with Gasteiger partial charge in [-0.15, -0.1) is 0 Å². The van der Waals surface area contributed by atoms with E-state index in [0.29, 0.717) is 10.7 Å². The molecule has 2 aromatic carbocycles. The van der Waals surface area contributed by atoms with E-state index in [1.165, 1.54) is 6.07 Å². The number of halogens is 1. The van der Waals surface area contributed by atoms with E-state index < -0.39 is 5.97 Å². The summed E-state index contributed by atoms with van der Waals surface area (Å²) in [6.45, 7) is 0.413. The maximum atomic E-state index is 11.8. The van der Waals surface area contributed by atoms with Crippen LogP contribution in [0, 0.1) is 0 Å². The predicted octanol–water partition coefficient (Wildman–Crippen LogP) is 3.16. The standard InChI is InChI=1S/C15H14ClNO3/c16-11-6-7-14(17)13(10-11)15(18)20-9-8-19-12-4-2-1-3-5-12/h1-7,10H,8-9,17H2. The van der Waals surface area contributed by atoms with Gasteiger partial charge in [0.25, 0.3) is 0 Å². The van der Waals surface area contributed by atoms with E-state index in [1.54, 1.807) is 12.1 Å². The number of nitrogen functional groups attached to an aromatic ring is 1. The van der Waals surface area contributed by atoms with Crippen molar-refractivity contribution in [3.8, 4) is 5.75 Å². The van der Waals surface area contributed by atoms with E-state index >= 15 is 0 Å². The summed E-state index contributed by atoms with van der Waals surface area (Å²) in [6.07, 6.45) is 0. The zero-order chi connectivity index (χ0) is 14.4. The fourth-order valence-corrected chi connectivity index (χ4v) is 1.77. The van der Waals surface area contributed by atoms with Crippen molar-refractivity contribution in [2.24, 2.45) is 0 Å². The quantitative estimate of drug-likeness (QED) is 0.522. The minimum Gasteiger partial charge on any atom is -0.490 e. The molecule has 0 fully saturated rings. The van der Waals surface area contributed by atoms with E-state index in [9.17, 15) is 4.79 Å². The molecule has 0 unspecified atom stereocenters. The van der Waals surface area contributed by atoms with Crippen LogP contribution in [0.25, 0.3) is 0 Å². The highest BCUT2D eigenvalue weighted by molar-refractivity contribution is 6.31. The molecular weight excluding hydrogens is 278 g/mol. The van der Waals surface area contributed by atoms with Crippen molar-refractivity contribution in [3.63, 3.8) is 0 Å². The Kier molecular flexibility index (Phi) is 4.85. The minimum absolute atomic E-state index is 0.139. The third kappa shape index (κ3) is 3.90. The number of para-hydroxylation sites is 1. The number of anilines is 1. The molecule has 0 amide bonds. The number of rotatable bonds is 5. The van der Waals surface area contributed by atoms with Gasteiger partial charge < -0.3 is 15.2 Å².